The maximum Gasteiger partial charge on any atom is 0.243 e. The summed E-state index contributed by atoms with van der Waals surface area (Å²) in [5, 5.41) is 11.9. The minimum Gasteiger partial charge on any atom is -0.392 e. The van der Waals surface area contributed by atoms with Gasteiger partial charge in [0.2, 0.25) is 5.91 Å². The van der Waals surface area contributed by atoms with Crippen LogP contribution in [0.5, 0.6) is 0 Å². The van der Waals surface area contributed by atoms with E-state index in [0.29, 0.717) is 6.54 Å². The van der Waals surface area contributed by atoms with Gasteiger partial charge in [0, 0.05) is 12.6 Å². The lowest BCUT2D eigenvalue weighted by Crippen LogP contribution is -2.35. The Balaban J connectivity index is 2.52. The van der Waals surface area contributed by atoms with Crippen molar-refractivity contribution in [1.82, 2.24) is 0 Å². The van der Waals surface area contributed by atoms with Gasteiger partial charge in [0.25, 0.3) is 0 Å². The van der Waals surface area contributed by atoms with Crippen molar-refractivity contribution < 1.29 is 9.90 Å². The first-order valence-corrected chi connectivity index (χ1v) is 4.46. The second-order valence-corrected chi connectivity index (χ2v) is 3.37. The normalized spacial score (nSPS) is 15.0. The molecule has 14 heavy (non-hydrogen) atoms. The van der Waals surface area contributed by atoms with Crippen molar-refractivity contribution in [3.05, 3.63) is 23.8 Å². The molecule has 0 aromatic heterocycles. The number of hydrogen-bond acceptors (Lipinski definition) is 3. The highest BCUT2D eigenvalue weighted by molar-refractivity contribution is 6.01. The van der Waals surface area contributed by atoms with Gasteiger partial charge in [0.05, 0.1) is 24.5 Å². The number of amides is 1. The fourth-order valence-electron chi connectivity index (χ4n) is 1.66. The quantitative estimate of drug-likeness (QED) is 0.684. The van der Waals surface area contributed by atoms with Crippen molar-refractivity contribution in [2.24, 2.45) is 0 Å². The predicted molar refractivity (Wildman–Crippen MR) is 54.3 cm³/mol. The van der Waals surface area contributed by atoms with E-state index in [9.17, 15) is 4.79 Å². The summed E-state index contributed by atoms with van der Waals surface area (Å²) < 4.78 is 0. The number of fused-ring (bicyclic) bond motifs is 1. The third kappa shape index (κ3) is 1.33. The number of aliphatic hydroxyl groups is 1. The Labute approximate surface area is 82.2 Å². The average molecular weight is 192 g/mol. The van der Waals surface area contributed by atoms with Gasteiger partial charge < -0.3 is 15.3 Å². The van der Waals surface area contributed by atoms with Crippen LogP contribution in [0.3, 0.4) is 0 Å². The summed E-state index contributed by atoms with van der Waals surface area (Å²) in [4.78, 5) is 13.1. The molecule has 2 rings (SSSR count). The first kappa shape index (κ1) is 9.02. The fourth-order valence-corrected chi connectivity index (χ4v) is 1.66. The van der Waals surface area contributed by atoms with Gasteiger partial charge in [0.1, 0.15) is 0 Å². The van der Waals surface area contributed by atoms with Gasteiger partial charge in [-0.15, -0.1) is 0 Å². The minimum atomic E-state index is -0.0582. The van der Waals surface area contributed by atoms with Crippen LogP contribution in [-0.4, -0.2) is 24.6 Å². The van der Waals surface area contributed by atoms with Gasteiger partial charge in [-0.1, -0.05) is 12.1 Å². The summed E-state index contributed by atoms with van der Waals surface area (Å²) in [6, 6.07) is 5.60. The van der Waals surface area contributed by atoms with Gasteiger partial charge in [0.15, 0.2) is 0 Å². The molecule has 0 aliphatic carbocycles. The molecule has 0 atom stereocenters. The van der Waals surface area contributed by atoms with Gasteiger partial charge in [-0.3, -0.25) is 4.79 Å². The maximum absolute atomic E-state index is 11.3. The molecule has 0 bridgehead atoms. The van der Waals surface area contributed by atoms with Crippen LogP contribution in [-0.2, 0) is 11.4 Å². The second-order valence-electron chi connectivity index (χ2n) is 3.37. The molecule has 74 valence electrons. The summed E-state index contributed by atoms with van der Waals surface area (Å²) in [5.41, 5.74) is 2.44. The van der Waals surface area contributed by atoms with E-state index in [1.807, 2.05) is 24.1 Å². The van der Waals surface area contributed by atoms with E-state index in [1.165, 1.54) is 0 Å². The summed E-state index contributed by atoms with van der Waals surface area (Å²) in [7, 11) is 1.86. The molecule has 0 saturated carbocycles. The van der Waals surface area contributed by atoms with Crippen molar-refractivity contribution in [1.29, 1.82) is 0 Å². The standard InChI is InChI=1S/C10H12N2O2/c1-12-5-9(14)11-10-7(6-13)3-2-4-8(10)12/h2-4,13H,5-6H2,1H3,(H,11,14). The Kier molecular flexibility index (Phi) is 2.13. The van der Waals surface area contributed by atoms with Gasteiger partial charge in [-0.2, -0.15) is 0 Å². The number of aliphatic hydroxyl groups excluding tert-OH is 1. The number of para-hydroxylation sites is 1. The molecule has 2 N–H and O–H groups in total. The van der Waals surface area contributed by atoms with Crippen molar-refractivity contribution in [3.63, 3.8) is 0 Å². The van der Waals surface area contributed by atoms with Gasteiger partial charge >= 0.3 is 0 Å². The number of hydrogen-bond donors (Lipinski definition) is 2. The third-order valence-electron chi connectivity index (χ3n) is 2.36. The van der Waals surface area contributed by atoms with Gasteiger partial charge in [-0.25, -0.2) is 0 Å². The summed E-state index contributed by atoms with van der Waals surface area (Å²) >= 11 is 0. The Morgan fingerprint density at radius 1 is 1.57 bits per heavy atom. The zero-order valence-corrected chi connectivity index (χ0v) is 7.95. The molecule has 1 heterocycles. The molecule has 1 aromatic carbocycles. The van der Waals surface area contributed by atoms with E-state index in [0.717, 1.165) is 16.9 Å². The Hall–Kier alpha value is -1.55. The number of nitrogens with zero attached hydrogens (tertiary/aromatic N) is 1. The highest BCUT2D eigenvalue weighted by atomic mass is 16.3. The first-order chi connectivity index (χ1) is 6.72. The van der Waals surface area contributed by atoms with Crippen molar-refractivity contribution in [2.75, 3.05) is 23.8 Å². The van der Waals surface area contributed by atoms with E-state index in [4.69, 9.17) is 5.11 Å². The van der Waals surface area contributed by atoms with Crippen LogP contribution < -0.4 is 10.2 Å². The summed E-state index contributed by atoms with van der Waals surface area (Å²) in [6.45, 7) is 0.305. The molecule has 1 aromatic rings. The van der Waals surface area contributed by atoms with Crippen LogP contribution in [0.4, 0.5) is 11.4 Å². The lowest BCUT2D eigenvalue weighted by atomic mass is 10.1. The molecule has 1 aliphatic rings. The molecule has 1 amide bonds. The Morgan fingerprint density at radius 3 is 3.07 bits per heavy atom. The number of rotatable bonds is 1. The lowest BCUT2D eigenvalue weighted by molar-refractivity contribution is -0.115. The fraction of sp³-hybridized carbons (Fsp3) is 0.300. The molecular formula is C10H12N2O2. The van der Waals surface area contributed by atoms with Crippen LogP contribution in [0.1, 0.15) is 5.56 Å². The first-order valence-electron chi connectivity index (χ1n) is 4.46. The van der Waals surface area contributed by atoms with Crippen LogP contribution >= 0.6 is 0 Å². The molecule has 0 radical (unpaired) electrons. The van der Waals surface area contributed by atoms with Crippen LogP contribution in [0.25, 0.3) is 0 Å². The number of nitrogens with one attached hydrogen (secondary N) is 1. The highest BCUT2D eigenvalue weighted by Gasteiger charge is 2.20. The third-order valence-corrected chi connectivity index (χ3v) is 2.36. The lowest BCUT2D eigenvalue weighted by Gasteiger charge is -2.28. The number of carbonyl (C=O) groups is 1. The van der Waals surface area contributed by atoms with E-state index >= 15 is 0 Å². The maximum atomic E-state index is 11.3. The predicted octanol–water partition coefficient (Wildman–Crippen LogP) is 0.567. The average Bonchev–Trinajstić information content (AvgIpc) is 2.17. The molecular weight excluding hydrogens is 180 g/mol. The number of carbonyl (C=O) groups excluding carboxylic acids is 1. The van der Waals surface area contributed by atoms with E-state index in [2.05, 4.69) is 5.32 Å². The van der Waals surface area contributed by atoms with Crippen LogP contribution in [0, 0.1) is 0 Å². The number of likely N-dealkylation sites (N-methyl/N-ethyl adjacent to an activating group) is 1. The van der Waals surface area contributed by atoms with Crippen LogP contribution in [0.2, 0.25) is 0 Å². The molecule has 0 saturated heterocycles. The highest BCUT2D eigenvalue weighted by Crippen LogP contribution is 2.31. The van der Waals surface area contributed by atoms with Crippen LogP contribution in [0.15, 0.2) is 18.2 Å². The monoisotopic (exact) mass is 192 g/mol. The van der Waals surface area contributed by atoms with Gasteiger partial charge in [-0.05, 0) is 6.07 Å². The smallest absolute Gasteiger partial charge is 0.243 e. The topological polar surface area (TPSA) is 52.6 Å². The Bertz CT molecular complexity index is 376. The molecule has 1 aliphatic heterocycles. The van der Waals surface area contributed by atoms with E-state index < -0.39 is 0 Å². The molecule has 0 spiro atoms. The minimum absolute atomic E-state index is 0.0408. The van der Waals surface area contributed by atoms with Crippen molar-refractivity contribution >= 4 is 17.3 Å². The largest absolute Gasteiger partial charge is 0.392 e. The molecule has 4 nitrogen and oxygen atoms in total. The molecule has 0 fully saturated rings. The second kappa shape index (κ2) is 3.31. The van der Waals surface area contributed by atoms with E-state index in [-0.39, 0.29) is 12.5 Å². The number of benzene rings is 1. The van der Waals surface area contributed by atoms with Crippen molar-refractivity contribution in [2.45, 2.75) is 6.61 Å². The summed E-state index contributed by atoms with van der Waals surface area (Å²) in [5.74, 6) is -0.0408. The summed E-state index contributed by atoms with van der Waals surface area (Å²) in [6.07, 6.45) is 0. The zero-order chi connectivity index (χ0) is 10.1. The molecule has 0 unspecified atom stereocenters. The Morgan fingerprint density at radius 2 is 2.36 bits per heavy atom. The number of anilines is 2. The SMILES string of the molecule is CN1CC(=O)Nc2c(CO)cccc21. The van der Waals surface area contributed by atoms with Crippen molar-refractivity contribution in [3.8, 4) is 0 Å². The van der Waals surface area contributed by atoms with E-state index in [1.54, 1.807) is 6.07 Å². The molecule has 4 heteroatoms. The zero-order valence-electron chi connectivity index (χ0n) is 7.95.